The molecule has 5 saturated carbocycles. The molecular formula is C19H32ClNO. The highest BCUT2D eigenvalue weighted by molar-refractivity contribution is 5.90. The first kappa shape index (κ1) is 16.8. The molecule has 0 aromatic rings. The number of hydrogen-bond acceptors (Lipinski definition) is 2. The Morgan fingerprint density at radius 1 is 0.955 bits per heavy atom. The summed E-state index contributed by atoms with van der Waals surface area (Å²) in [6.07, 6.45) is 14.6. The van der Waals surface area contributed by atoms with Crippen LogP contribution in [0.1, 0.15) is 77.6 Å². The second-order valence-electron chi connectivity index (χ2n) is 8.79. The van der Waals surface area contributed by atoms with Crippen LogP contribution in [-0.4, -0.2) is 17.9 Å². The Bertz CT molecular complexity index is 380. The minimum absolute atomic E-state index is 0. The predicted octanol–water partition coefficient (Wildman–Crippen LogP) is 4.50. The summed E-state index contributed by atoms with van der Waals surface area (Å²) in [4.78, 5) is 13.2. The fraction of sp³-hybridized carbons (Fsp3) is 0.947. The molecule has 0 aliphatic heterocycles. The number of carbonyl (C=O) groups excluding carboxylic acids is 1. The van der Waals surface area contributed by atoms with Crippen LogP contribution in [0.25, 0.3) is 0 Å². The lowest BCUT2D eigenvalue weighted by atomic mass is 9.48. The minimum Gasteiger partial charge on any atom is -0.305 e. The molecule has 0 saturated heterocycles. The zero-order valence-electron chi connectivity index (χ0n) is 14.0. The summed E-state index contributed by atoms with van der Waals surface area (Å²) in [5.74, 6) is 3.21. The predicted molar refractivity (Wildman–Crippen MR) is 92.3 cm³/mol. The van der Waals surface area contributed by atoms with Gasteiger partial charge in [-0.15, -0.1) is 12.4 Å². The van der Waals surface area contributed by atoms with Gasteiger partial charge in [0.15, 0.2) is 5.78 Å². The van der Waals surface area contributed by atoms with E-state index < -0.39 is 0 Å². The lowest BCUT2D eigenvalue weighted by Crippen LogP contribution is -2.55. The molecule has 1 unspecified atom stereocenters. The number of carbonyl (C=O) groups is 1. The van der Waals surface area contributed by atoms with Gasteiger partial charge in [0.2, 0.25) is 0 Å². The number of Topliss-reactive ketones (excluding diaryl/α,β-unsaturated/α-hetero) is 1. The smallest absolute Gasteiger partial charge is 0.155 e. The Hall–Kier alpha value is -0.0800. The SMILES string of the molecule is CC(NC1CCCCC1)C(=O)C12CC3CC(CC(C3)C1)C2.Cl. The van der Waals surface area contributed by atoms with Gasteiger partial charge in [-0.25, -0.2) is 0 Å². The molecule has 2 nitrogen and oxygen atoms in total. The Morgan fingerprint density at radius 2 is 1.45 bits per heavy atom. The van der Waals surface area contributed by atoms with Crippen LogP contribution in [0.3, 0.4) is 0 Å². The maximum Gasteiger partial charge on any atom is 0.155 e. The molecule has 1 N–H and O–H groups in total. The van der Waals surface area contributed by atoms with Gasteiger partial charge in [0.25, 0.3) is 0 Å². The van der Waals surface area contributed by atoms with Crippen molar-refractivity contribution in [3.63, 3.8) is 0 Å². The molecule has 0 aromatic carbocycles. The van der Waals surface area contributed by atoms with Crippen molar-refractivity contribution in [2.45, 2.75) is 89.6 Å². The molecule has 4 bridgehead atoms. The average molecular weight is 326 g/mol. The molecule has 0 aromatic heterocycles. The summed E-state index contributed by atoms with van der Waals surface area (Å²) in [6, 6.07) is 0.691. The highest BCUT2D eigenvalue weighted by Crippen LogP contribution is 2.60. The normalized spacial score (nSPS) is 42.0. The quantitative estimate of drug-likeness (QED) is 0.824. The number of nitrogens with one attached hydrogen (secondary N) is 1. The van der Waals surface area contributed by atoms with E-state index in [2.05, 4.69) is 12.2 Å². The Balaban J connectivity index is 0.00000144. The lowest BCUT2D eigenvalue weighted by molar-refractivity contribution is -0.146. The van der Waals surface area contributed by atoms with Crippen molar-refractivity contribution < 1.29 is 4.79 Å². The maximum atomic E-state index is 13.2. The summed E-state index contributed by atoms with van der Waals surface area (Å²) in [6.45, 7) is 2.15. The van der Waals surface area contributed by atoms with Crippen molar-refractivity contribution >= 4 is 18.2 Å². The van der Waals surface area contributed by atoms with Crippen molar-refractivity contribution in [3.05, 3.63) is 0 Å². The molecule has 22 heavy (non-hydrogen) atoms. The Labute approximate surface area is 141 Å². The third-order valence-corrected chi connectivity index (χ3v) is 7.05. The van der Waals surface area contributed by atoms with Crippen LogP contribution in [0.15, 0.2) is 0 Å². The Kier molecular flexibility index (Phi) is 4.90. The largest absolute Gasteiger partial charge is 0.305 e. The molecule has 0 spiro atoms. The van der Waals surface area contributed by atoms with Gasteiger partial charge in [-0.2, -0.15) is 0 Å². The van der Waals surface area contributed by atoms with E-state index in [1.54, 1.807) is 0 Å². The number of rotatable bonds is 4. The first-order chi connectivity index (χ1) is 10.1. The van der Waals surface area contributed by atoms with Crippen LogP contribution in [0.5, 0.6) is 0 Å². The number of ketones is 1. The summed E-state index contributed by atoms with van der Waals surface area (Å²) in [5.41, 5.74) is 0.0792. The zero-order chi connectivity index (χ0) is 14.4. The second-order valence-corrected chi connectivity index (χ2v) is 8.79. The van der Waals surface area contributed by atoms with E-state index in [0.717, 1.165) is 17.8 Å². The molecule has 5 rings (SSSR count). The monoisotopic (exact) mass is 325 g/mol. The standard InChI is InChI=1S/C19H31NO.ClH/c1-13(20-17-5-3-2-4-6-17)18(21)19-10-14-7-15(11-19)9-16(8-14)12-19;/h13-17,20H,2-12H2,1H3;1H. The molecule has 5 aliphatic carbocycles. The summed E-state index contributed by atoms with van der Waals surface area (Å²) >= 11 is 0. The number of halogens is 1. The Morgan fingerprint density at radius 3 is 1.95 bits per heavy atom. The molecule has 5 fully saturated rings. The van der Waals surface area contributed by atoms with Gasteiger partial charge in [-0.05, 0) is 76.0 Å². The van der Waals surface area contributed by atoms with Crippen LogP contribution >= 0.6 is 12.4 Å². The maximum absolute atomic E-state index is 13.2. The first-order valence-corrected chi connectivity index (χ1v) is 9.45. The first-order valence-electron chi connectivity index (χ1n) is 9.45. The van der Waals surface area contributed by atoms with Crippen molar-refractivity contribution in [2.75, 3.05) is 0 Å². The van der Waals surface area contributed by atoms with Gasteiger partial charge in [0.05, 0.1) is 6.04 Å². The van der Waals surface area contributed by atoms with E-state index in [1.807, 2.05) is 0 Å². The molecule has 0 heterocycles. The van der Waals surface area contributed by atoms with E-state index >= 15 is 0 Å². The molecule has 126 valence electrons. The molecule has 5 aliphatic rings. The van der Waals surface area contributed by atoms with Crippen molar-refractivity contribution in [1.29, 1.82) is 0 Å². The molecule has 1 atom stereocenters. The second kappa shape index (κ2) is 6.43. The van der Waals surface area contributed by atoms with Crippen LogP contribution in [0.2, 0.25) is 0 Å². The molecule has 3 heteroatoms. The third-order valence-electron chi connectivity index (χ3n) is 7.05. The van der Waals surface area contributed by atoms with Crippen molar-refractivity contribution in [2.24, 2.45) is 23.2 Å². The van der Waals surface area contributed by atoms with Gasteiger partial charge >= 0.3 is 0 Å². The van der Waals surface area contributed by atoms with E-state index in [1.165, 1.54) is 70.6 Å². The van der Waals surface area contributed by atoms with E-state index in [4.69, 9.17) is 0 Å². The van der Waals surface area contributed by atoms with E-state index in [9.17, 15) is 4.79 Å². The summed E-state index contributed by atoms with van der Waals surface area (Å²) < 4.78 is 0. The van der Waals surface area contributed by atoms with Gasteiger partial charge < -0.3 is 5.32 Å². The third kappa shape index (κ3) is 2.98. The van der Waals surface area contributed by atoms with Gasteiger partial charge in [-0.3, -0.25) is 4.79 Å². The van der Waals surface area contributed by atoms with Gasteiger partial charge in [-0.1, -0.05) is 19.3 Å². The summed E-state index contributed by atoms with van der Waals surface area (Å²) in [7, 11) is 0. The van der Waals surface area contributed by atoms with Gasteiger partial charge in [0.1, 0.15) is 0 Å². The molecule has 0 radical (unpaired) electrons. The van der Waals surface area contributed by atoms with Crippen LogP contribution in [0, 0.1) is 23.2 Å². The van der Waals surface area contributed by atoms with Gasteiger partial charge in [0, 0.05) is 11.5 Å². The fourth-order valence-electron chi connectivity index (χ4n) is 6.57. The highest BCUT2D eigenvalue weighted by atomic mass is 35.5. The highest BCUT2D eigenvalue weighted by Gasteiger charge is 2.55. The van der Waals surface area contributed by atoms with Crippen LogP contribution in [-0.2, 0) is 4.79 Å². The molecule has 0 amide bonds. The van der Waals surface area contributed by atoms with Crippen molar-refractivity contribution in [3.8, 4) is 0 Å². The van der Waals surface area contributed by atoms with Crippen molar-refractivity contribution in [1.82, 2.24) is 5.32 Å². The van der Waals surface area contributed by atoms with Crippen LogP contribution < -0.4 is 5.32 Å². The van der Waals surface area contributed by atoms with E-state index in [-0.39, 0.29) is 23.9 Å². The molecular weight excluding hydrogens is 294 g/mol. The van der Waals surface area contributed by atoms with Crippen LogP contribution in [0.4, 0.5) is 0 Å². The average Bonchev–Trinajstić information content (AvgIpc) is 2.46. The lowest BCUT2D eigenvalue weighted by Gasteiger charge is -2.56. The number of hydrogen-bond donors (Lipinski definition) is 1. The fourth-order valence-corrected chi connectivity index (χ4v) is 6.57. The van der Waals surface area contributed by atoms with E-state index in [0.29, 0.717) is 11.8 Å². The topological polar surface area (TPSA) is 29.1 Å². The summed E-state index contributed by atoms with van der Waals surface area (Å²) in [5, 5.41) is 3.69. The minimum atomic E-state index is 0. The zero-order valence-corrected chi connectivity index (χ0v) is 14.8.